The van der Waals surface area contributed by atoms with E-state index in [1.165, 1.54) is 29.5 Å². The molecule has 0 atom stereocenters. The third-order valence-corrected chi connectivity index (χ3v) is 5.03. The number of hydrogen-bond acceptors (Lipinski definition) is 2. The van der Waals surface area contributed by atoms with E-state index in [1.54, 1.807) is 7.11 Å². The van der Waals surface area contributed by atoms with Crippen LogP contribution in [0.1, 0.15) is 63.9 Å². The molecule has 2 heteroatoms. The minimum Gasteiger partial charge on any atom is -0.496 e. The number of methoxy groups -OCH3 is 1. The van der Waals surface area contributed by atoms with Crippen molar-refractivity contribution in [3.8, 4) is 16.9 Å². The van der Waals surface area contributed by atoms with E-state index in [0.717, 1.165) is 35.5 Å². The van der Waals surface area contributed by atoms with E-state index in [4.69, 9.17) is 9.72 Å². The van der Waals surface area contributed by atoms with Gasteiger partial charge in [0.1, 0.15) is 5.75 Å². The van der Waals surface area contributed by atoms with E-state index in [2.05, 4.69) is 64.1 Å². The fourth-order valence-corrected chi connectivity index (χ4v) is 3.48. The summed E-state index contributed by atoms with van der Waals surface area (Å²) in [6.45, 7) is 8.91. The third kappa shape index (κ3) is 3.63. The molecule has 0 saturated carbocycles. The summed E-state index contributed by atoms with van der Waals surface area (Å²) < 4.78 is 5.66. The van der Waals surface area contributed by atoms with Gasteiger partial charge in [-0.15, -0.1) is 0 Å². The summed E-state index contributed by atoms with van der Waals surface area (Å²) in [5.74, 6) is 0.914. The summed E-state index contributed by atoms with van der Waals surface area (Å²) in [5.41, 5.74) is 7.44. The number of allylic oxidation sites excluding steroid dienone is 2. The minimum absolute atomic E-state index is 0.107. The Kier molecular flexibility index (Phi) is 4.99. The Bertz CT molecular complexity index is 796. The van der Waals surface area contributed by atoms with Gasteiger partial charge in [-0.3, -0.25) is 4.98 Å². The normalized spacial score (nSPS) is 14.5. The van der Waals surface area contributed by atoms with Crippen molar-refractivity contribution in [2.24, 2.45) is 0 Å². The monoisotopic (exact) mass is 335 g/mol. The zero-order valence-electron chi connectivity index (χ0n) is 16.1. The lowest BCUT2D eigenvalue weighted by molar-refractivity contribution is 0.416. The second kappa shape index (κ2) is 7.03. The van der Waals surface area contributed by atoms with Crippen LogP contribution in [0.3, 0.4) is 0 Å². The van der Waals surface area contributed by atoms with Crippen LogP contribution in [0.25, 0.3) is 16.7 Å². The molecule has 1 aliphatic carbocycles. The molecule has 0 aliphatic heterocycles. The molecule has 3 rings (SSSR count). The molecule has 0 amide bonds. The Morgan fingerprint density at radius 1 is 1.08 bits per heavy atom. The first-order valence-corrected chi connectivity index (χ1v) is 9.32. The van der Waals surface area contributed by atoms with E-state index in [0.29, 0.717) is 0 Å². The highest BCUT2D eigenvalue weighted by atomic mass is 16.5. The fourth-order valence-electron chi connectivity index (χ4n) is 3.48. The average molecular weight is 335 g/mol. The summed E-state index contributed by atoms with van der Waals surface area (Å²) in [5, 5.41) is 0. The van der Waals surface area contributed by atoms with Crippen LogP contribution in [-0.2, 0) is 11.8 Å². The first-order chi connectivity index (χ1) is 11.9. The van der Waals surface area contributed by atoms with Gasteiger partial charge in [0, 0.05) is 16.8 Å². The van der Waals surface area contributed by atoms with Gasteiger partial charge in [-0.25, -0.2) is 0 Å². The average Bonchev–Trinajstić information content (AvgIpc) is 3.14. The van der Waals surface area contributed by atoms with Crippen LogP contribution in [-0.4, -0.2) is 12.1 Å². The van der Waals surface area contributed by atoms with E-state index < -0.39 is 0 Å². The number of benzene rings is 1. The Morgan fingerprint density at radius 2 is 1.88 bits per heavy atom. The van der Waals surface area contributed by atoms with Crippen molar-refractivity contribution in [2.75, 3.05) is 7.11 Å². The number of pyridine rings is 1. The van der Waals surface area contributed by atoms with Gasteiger partial charge in [0.25, 0.3) is 0 Å². The molecule has 0 saturated heterocycles. The lowest BCUT2D eigenvalue weighted by Crippen LogP contribution is -2.11. The predicted octanol–water partition coefficient (Wildman–Crippen LogP) is 6.18. The van der Waals surface area contributed by atoms with Crippen molar-refractivity contribution in [3.63, 3.8) is 0 Å². The molecular weight excluding hydrogens is 306 g/mol. The molecule has 25 heavy (non-hydrogen) atoms. The summed E-state index contributed by atoms with van der Waals surface area (Å²) in [7, 11) is 1.74. The Balaban J connectivity index is 2.11. The zero-order valence-corrected chi connectivity index (χ0v) is 16.1. The van der Waals surface area contributed by atoms with Gasteiger partial charge >= 0.3 is 0 Å². The number of ether oxygens (including phenoxy) is 1. The van der Waals surface area contributed by atoms with Gasteiger partial charge in [-0.2, -0.15) is 0 Å². The van der Waals surface area contributed by atoms with Crippen molar-refractivity contribution in [2.45, 2.75) is 58.8 Å². The lowest BCUT2D eigenvalue weighted by Gasteiger charge is -2.22. The summed E-state index contributed by atoms with van der Waals surface area (Å²) in [4.78, 5) is 4.99. The maximum atomic E-state index is 5.66. The number of aryl methyl sites for hydroxylation is 1. The van der Waals surface area contributed by atoms with Gasteiger partial charge < -0.3 is 4.74 Å². The largest absolute Gasteiger partial charge is 0.496 e. The number of rotatable bonds is 4. The molecule has 1 aromatic heterocycles. The molecule has 2 aromatic rings. The van der Waals surface area contributed by atoms with Crippen molar-refractivity contribution >= 4 is 5.57 Å². The van der Waals surface area contributed by atoms with Crippen LogP contribution in [0.4, 0.5) is 0 Å². The van der Waals surface area contributed by atoms with Crippen LogP contribution in [0, 0.1) is 0 Å². The first kappa shape index (κ1) is 17.7. The maximum absolute atomic E-state index is 5.66. The van der Waals surface area contributed by atoms with E-state index in [1.807, 2.05) is 0 Å². The maximum Gasteiger partial charge on any atom is 0.126 e. The Morgan fingerprint density at radius 3 is 2.48 bits per heavy atom. The molecule has 1 heterocycles. The molecule has 0 unspecified atom stereocenters. The highest BCUT2D eigenvalue weighted by Gasteiger charge is 2.19. The molecule has 0 N–H and O–H groups in total. The first-order valence-electron chi connectivity index (χ1n) is 9.32. The smallest absolute Gasteiger partial charge is 0.126 e. The Hall–Kier alpha value is -2.09. The molecule has 2 nitrogen and oxygen atoms in total. The lowest BCUT2D eigenvalue weighted by atomic mass is 9.85. The SMILES string of the molecule is CCc1nc(C2=CCCC2)ccc1-c1cc(C(C)(C)C)ccc1OC. The number of aromatic nitrogens is 1. The van der Waals surface area contributed by atoms with E-state index >= 15 is 0 Å². The number of hydrogen-bond donors (Lipinski definition) is 0. The number of nitrogens with zero attached hydrogens (tertiary/aromatic N) is 1. The summed E-state index contributed by atoms with van der Waals surface area (Å²) in [6, 6.07) is 10.9. The Labute approximate surface area is 152 Å². The molecule has 0 bridgehead atoms. The second-order valence-electron chi connectivity index (χ2n) is 7.83. The van der Waals surface area contributed by atoms with Gasteiger partial charge in [-0.05, 0) is 60.4 Å². The third-order valence-electron chi connectivity index (χ3n) is 5.03. The van der Waals surface area contributed by atoms with Gasteiger partial charge in [0.2, 0.25) is 0 Å². The van der Waals surface area contributed by atoms with Gasteiger partial charge in [0.15, 0.2) is 0 Å². The van der Waals surface area contributed by atoms with E-state index in [9.17, 15) is 0 Å². The topological polar surface area (TPSA) is 22.1 Å². The molecule has 1 aromatic carbocycles. The van der Waals surface area contributed by atoms with Crippen LogP contribution >= 0.6 is 0 Å². The molecule has 0 spiro atoms. The quantitative estimate of drug-likeness (QED) is 0.665. The van der Waals surface area contributed by atoms with E-state index in [-0.39, 0.29) is 5.41 Å². The van der Waals surface area contributed by atoms with Crippen molar-refractivity contribution in [1.82, 2.24) is 4.98 Å². The molecule has 132 valence electrons. The molecule has 0 fully saturated rings. The van der Waals surface area contributed by atoms with Crippen molar-refractivity contribution < 1.29 is 4.74 Å². The molecule has 0 radical (unpaired) electrons. The van der Waals surface area contributed by atoms with Gasteiger partial charge in [-0.1, -0.05) is 45.9 Å². The standard InChI is InChI=1S/C23H29NO/c1-6-20-18(12-13-21(24-20)16-9-7-8-10-16)19-15-17(23(2,3)4)11-14-22(19)25-5/h9,11-15H,6-8,10H2,1-5H3. The summed E-state index contributed by atoms with van der Waals surface area (Å²) >= 11 is 0. The minimum atomic E-state index is 0.107. The molecular formula is C23H29NO. The van der Waals surface area contributed by atoms with Crippen LogP contribution in [0.15, 0.2) is 36.4 Å². The van der Waals surface area contributed by atoms with Crippen LogP contribution in [0.5, 0.6) is 5.75 Å². The second-order valence-corrected chi connectivity index (χ2v) is 7.83. The fraction of sp³-hybridized carbons (Fsp3) is 0.435. The summed E-state index contributed by atoms with van der Waals surface area (Å²) in [6.07, 6.45) is 6.84. The highest BCUT2D eigenvalue weighted by Crippen LogP contribution is 2.37. The predicted molar refractivity (Wildman–Crippen MR) is 106 cm³/mol. The zero-order chi connectivity index (χ0) is 18.0. The molecule has 1 aliphatic rings. The van der Waals surface area contributed by atoms with Crippen molar-refractivity contribution in [1.29, 1.82) is 0 Å². The van der Waals surface area contributed by atoms with Crippen molar-refractivity contribution in [3.05, 3.63) is 53.4 Å². The highest BCUT2D eigenvalue weighted by molar-refractivity contribution is 5.75. The van der Waals surface area contributed by atoms with Crippen LogP contribution < -0.4 is 4.74 Å². The van der Waals surface area contributed by atoms with Gasteiger partial charge in [0.05, 0.1) is 12.8 Å². The van der Waals surface area contributed by atoms with Crippen LogP contribution in [0.2, 0.25) is 0 Å².